The van der Waals surface area contributed by atoms with E-state index in [1.54, 1.807) is 12.1 Å². The predicted octanol–water partition coefficient (Wildman–Crippen LogP) is -0.309. The summed E-state index contributed by atoms with van der Waals surface area (Å²) in [7, 11) is 16.9. The van der Waals surface area contributed by atoms with Crippen LogP contribution in [0.3, 0.4) is 0 Å². The van der Waals surface area contributed by atoms with E-state index < -0.39 is 0 Å². The van der Waals surface area contributed by atoms with Crippen LogP contribution < -0.4 is 4.74 Å². The zero-order chi connectivity index (χ0) is 27.5. The number of benzene rings is 1. The Morgan fingerprint density at radius 2 is 1.30 bits per heavy atom. The molecule has 2 nitrogen and oxygen atoms in total. The molecule has 37 heavy (non-hydrogen) atoms. The average molecular weight is 498 g/mol. The van der Waals surface area contributed by atoms with Gasteiger partial charge in [-0.05, 0) is 12.1 Å². The molecule has 1 aromatic rings. The molecule has 0 fully saturated rings. The minimum atomic E-state index is 0.288. The second kappa shape index (κ2) is 21.7. The third kappa shape index (κ3) is 16.6. The Morgan fingerprint density at radius 3 is 1.78 bits per heavy atom. The molecule has 1 rings (SSSR count). The van der Waals surface area contributed by atoms with E-state index >= 15 is 0 Å². The molecule has 0 saturated carbocycles. The van der Waals surface area contributed by atoms with E-state index in [2.05, 4.69) is 59.4 Å². The van der Waals surface area contributed by atoms with E-state index in [1.165, 1.54) is 82.1 Å². The van der Waals surface area contributed by atoms with E-state index in [9.17, 15) is 5.11 Å². The van der Waals surface area contributed by atoms with E-state index in [0.29, 0.717) is 42.2 Å². The normalized spacial score (nSPS) is 11.5. The fourth-order valence-electron chi connectivity index (χ4n) is 5.53. The standard InChI is InChI=1S/C22H49B12O2S/c1-2-3-4-5-9-12-19-37(29-33(30(23)24)34(31(25)26)32(27)28)20-13-10-7-6-8-11-18-36-22-16-14-21(35)15-17-22/h14-17,25,35H,2-13,18-20,23-24,26-28H2,1H3/q-1/i23-1,24-1,25-1,26-1,27-1,28-1,29-1,30-1,31-1,32-1,33-1,34-1. The summed E-state index contributed by atoms with van der Waals surface area (Å²) in [4.78, 5) is 0. The van der Waals surface area contributed by atoms with Gasteiger partial charge in [0, 0.05) is 0 Å². The molecule has 1 atom stereocenters. The molecule has 0 aliphatic carbocycles. The molecule has 0 spiro atoms. The molecule has 192 valence electrons. The number of hydrogen-bond acceptors (Lipinski definition) is 2. The molecular weight excluding hydrogens is 448 g/mol. The Balaban J connectivity index is 2.49. The number of rotatable bonds is 22. The second-order valence-electron chi connectivity index (χ2n) is 11.9. The van der Waals surface area contributed by atoms with Crippen LogP contribution in [0.15, 0.2) is 24.3 Å². The van der Waals surface area contributed by atoms with Gasteiger partial charge in [-0.25, -0.2) is 0 Å². The van der Waals surface area contributed by atoms with Crippen molar-refractivity contribution in [3.63, 3.8) is 0 Å². The molecule has 0 heterocycles. The van der Waals surface area contributed by atoms with Gasteiger partial charge in [0.25, 0.3) is 0 Å². The van der Waals surface area contributed by atoms with Crippen LogP contribution in [0.5, 0.6) is 11.5 Å². The number of phenols is 1. The molecule has 1 N–H and O–H groups in total. The predicted molar refractivity (Wildman–Crippen MR) is 196 cm³/mol. The summed E-state index contributed by atoms with van der Waals surface area (Å²) in [5.41, 5.74) is 0. The number of ether oxygens (including phenoxy) is 1. The quantitative estimate of drug-likeness (QED) is 0.176. The second-order valence-corrected chi connectivity index (χ2v) is 14.1. The van der Waals surface area contributed by atoms with Gasteiger partial charge in [0.15, 0.2) is 0 Å². The summed E-state index contributed by atoms with van der Waals surface area (Å²) in [6.45, 7) is 3.07. The third-order valence-corrected chi connectivity index (χ3v) is 9.98. The van der Waals surface area contributed by atoms with Crippen LogP contribution in [-0.2, 0) is 0 Å². The minimum absolute atomic E-state index is 0.288. The van der Waals surface area contributed by atoms with Gasteiger partial charge in [-0.1, -0.05) is 0 Å². The average Bonchev–Trinajstić information content (AvgIpc) is 2.84. The molecule has 0 saturated heterocycles. The molecular formula is C22H49B12O2S-. The zero-order valence-corrected chi connectivity index (χ0v) is 26.2. The molecule has 0 aliphatic rings. The summed E-state index contributed by atoms with van der Waals surface area (Å²) in [5, 5.41) is 9.36. The molecule has 0 aromatic heterocycles. The van der Waals surface area contributed by atoms with Crippen LogP contribution >= 0.6 is 10.3 Å². The molecule has 15 heteroatoms. The van der Waals surface area contributed by atoms with Gasteiger partial charge in [-0.2, -0.15) is 0 Å². The summed E-state index contributed by atoms with van der Waals surface area (Å²) in [5.74, 6) is 3.92. The fraction of sp³-hybridized carbons (Fsp3) is 0.727. The Morgan fingerprint density at radius 1 is 0.784 bits per heavy atom. The third-order valence-electron chi connectivity index (χ3n) is 7.66. The van der Waals surface area contributed by atoms with Gasteiger partial charge in [-0.15, -0.1) is 0 Å². The van der Waals surface area contributed by atoms with Gasteiger partial charge in [0.05, 0.1) is 0 Å². The van der Waals surface area contributed by atoms with E-state index in [4.69, 9.17) is 4.74 Å². The first-order valence-corrected chi connectivity index (χ1v) is 17.1. The number of phenolic OH excluding ortho intramolecular Hbond substituents is 1. The SMILES string of the molecule is [10BH-][10B]([10BH2])[10B]([10B]([10BH2])[10BH2])[10B]([10B]=S(CCCCCCCC)CCCCCCCCOc1ccc(O)cc1)[10B]([10BH2])[10BH2]. The van der Waals surface area contributed by atoms with Crippen molar-refractivity contribution in [1.29, 1.82) is 0 Å². The maximum atomic E-state index is 9.36. The van der Waals surface area contributed by atoms with E-state index in [1.807, 2.05) is 12.1 Å². The maximum absolute atomic E-state index is 9.36. The van der Waals surface area contributed by atoms with Crippen molar-refractivity contribution < 1.29 is 9.84 Å². The molecule has 1 unspecified atom stereocenters. The molecule has 0 bridgehead atoms. The van der Waals surface area contributed by atoms with Crippen LogP contribution in [0.4, 0.5) is 0 Å². The van der Waals surface area contributed by atoms with E-state index in [-0.39, 0.29) is 5.75 Å². The Hall–Kier alpha value is -0.0508. The topological polar surface area (TPSA) is 29.5 Å². The Bertz CT molecular complexity index is 716. The van der Waals surface area contributed by atoms with Crippen molar-refractivity contribution in [3.05, 3.63) is 24.3 Å². The van der Waals surface area contributed by atoms with Crippen LogP contribution in [0.2, 0.25) is 0 Å². The van der Waals surface area contributed by atoms with Crippen molar-refractivity contribution in [3.8, 4) is 11.5 Å². The monoisotopic (exact) mass is 498 g/mol. The van der Waals surface area contributed by atoms with Crippen LogP contribution in [0, 0.1) is 0 Å². The van der Waals surface area contributed by atoms with Crippen LogP contribution in [-0.4, -0.2) is 108 Å². The van der Waals surface area contributed by atoms with Crippen LogP contribution in [0.1, 0.15) is 84.0 Å². The van der Waals surface area contributed by atoms with Gasteiger partial charge in [-0.3, -0.25) is 0 Å². The van der Waals surface area contributed by atoms with Gasteiger partial charge >= 0.3 is 219 Å². The van der Waals surface area contributed by atoms with Crippen molar-refractivity contribution in [2.75, 3.05) is 18.1 Å². The number of hydrogen-bond donors (Lipinski definition) is 1. The summed E-state index contributed by atoms with van der Waals surface area (Å²) < 4.78 is 5.78. The van der Waals surface area contributed by atoms with Crippen molar-refractivity contribution in [2.24, 2.45) is 0 Å². The van der Waals surface area contributed by atoms with Crippen molar-refractivity contribution >= 4 is 94.7 Å². The summed E-state index contributed by atoms with van der Waals surface area (Å²) in [6.07, 6.45) is 19.3. The van der Waals surface area contributed by atoms with Gasteiger partial charge in [0.2, 0.25) is 0 Å². The van der Waals surface area contributed by atoms with Crippen molar-refractivity contribution in [1.82, 2.24) is 0 Å². The van der Waals surface area contributed by atoms with Gasteiger partial charge in [0.1, 0.15) is 5.75 Å². The molecule has 2 radical (unpaired) electrons. The first kappa shape index (κ1) is 35.0. The molecule has 1 aromatic carbocycles. The summed E-state index contributed by atoms with van der Waals surface area (Å²) in [6, 6.07) is 9.85. The first-order valence-electron chi connectivity index (χ1n) is 15.5. The Labute approximate surface area is 241 Å². The van der Waals surface area contributed by atoms with Gasteiger partial charge < -0.3 is 5.11 Å². The first-order chi connectivity index (χ1) is 17.8. The van der Waals surface area contributed by atoms with E-state index in [0.717, 1.165) is 18.8 Å². The fourth-order valence-corrected chi connectivity index (χ4v) is 8.10. The number of aromatic hydroxyl groups is 1. The molecule has 0 aliphatic heterocycles. The van der Waals surface area contributed by atoms with Crippen molar-refractivity contribution in [2.45, 2.75) is 84.0 Å². The zero-order valence-electron chi connectivity index (χ0n) is 25.4. The van der Waals surface area contributed by atoms with Crippen LogP contribution in [0.25, 0.3) is 0 Å². The molecule has 0 amide bonds. The summed E-state index contributed by atoms with van der Waals surface area (Å²) >= 11 is 0. The number of unbranched alkanes of at least 4 members (excludes halogenated alkanes) is 10. The Kier molecular flexibility index (Phi) is 20.5.